The number of aromatic nitrogens is 1. The summed E-state index contributed by atoms with van der Waals surface area (Å²) in [6.07, 6.45) is 0. The van der Waals surface area contributed by atoms with Gasteiger partial charge in [-0.05, 0) is 18.2 Å². The molecule has 1 aromatic carbocycles. The summed E-state index contributed by atoms with van der Waals surface area (Å²) in [6, 6.07) is 5.33. The summed E-state index contributed by atoms with van der Waals surface area (Å²) in [7, 11) is 0. The highest BCUT2D eigenvalue weighted by atomic mass is 32.1. The van der Waals surface area contributed by atoms with E-state index in [1.807, 2.05) is 0 Å². The van der Waals surface area contributed by atoms with Gasteiger partial charge in [0, 0.05) is 5.69 Å². The third kappa shape index (κ3) is 2.05. The minimum absolute atomic E-state index is 0.467. The second kappa shape index (κ2) is 3.84. The maximum atomic E-state index is 10.9. The molecule has 0 atom stereocenters. The standard InChI is InChI=1S/C9H9N3O2S/c10-5-1-2-6-7(3-5)15-9(11-6)12-8(14)4-13/h1-3,13H,4,10H2,(H,11,12,14). The Kier molecular flexibility index (Phi) is 2.53. The number of hydrogen-bond acceptors (Lipinski definition) is 5. The third-order valence-corrected chi connectivity index (χ3v) is 2.74. The number of carbonyl (C=O) groups excluding carboxylic acids is 1. The molecule has 1 amide bonds. The Morgan fingerprint density at radius 2 is 2.40 bits per heavy atom. The molecular weight excluding hydrogens is 214 g/mol. The van der Waals surface area contributed by atoms with Gasteiger partial charge in [-0.15, -0.1) is 0 Å². The summed E-state index contributed by atoms with van der Waals surface area (Å²) >= 11 is 1.32. The number of thiazole rings is 1. The lowest BCUT2D eigenvalue weighted by molar-refractivity contribution is -0.118. The molecule has 0 unspecified atom stereocenters. The fourth-order valence-corrected chi connectivity index (χ4v) is 2.08. The van der Waals surface area contributed by atoms with Gasteiger partial charge in [0.2, 0.25) is 0 Å². The molecule has 1 heterocycles. The monoisotopic (exact) mass is 223 g/mol. The largest absolute Gasteiger partial charge is 0.399 e. The van der Waals surface area contributed by atoms with E-state index in [0.29, 0.717) is 10.8 Å². The summed E-state index contributed by atoms with van der Waals surface area (Å²) in [5, 5.41) is 11.5. The van der Waals surface area contributed by atoms with Gasteiger partial charge in [-0.2, -0.15) is 0 Å². The van der Waals surface area contributed by atoms with E-state index < -0.39 is 12.5 Å². The van der Waals surface area contributed by atoms with Gasteiger partial charge in [0.15, 0.2) is 5.13 Å². The normalized spacial score (nSPS) is 10.5. The number of amides is 1. The summed E-state index contributed by atoms with van der Waals surface area (Å²) in [4.78, 5) is 15.1. The fourth-order valence-electron chi connectivity index (χ4n) is 1.15. The molecule has 0 aliphatic carbocycles. The molecule has 1 aromatic heterocycles. The smallest absolute Gasteiger partial charge is 0.251 e. The van der Waals surface area contributed by atoms with E-state index in [4.69, 9.17) is 10.8 Å². The quantitative estimate of drug-likeness (QED) is 0.657. The van der Waals surface area contributed by atoms with Crippen molar-refractivity contribution in [1.82, 2.24) is 4.98 Å². The van der Waals surface area contributed by atoms with Crippen LogP contribution >= 0.6 is 11.3 Å². The maximum absolute atomic E-state index is 10.9. The lowest BCUT2D eigenvalue weighted by Crippen LogP contribution is -2.14. The minimum Gasteiger partial charge on any atom is -0.399 e. The first kappa shape index (κ1) is 9.88. The van der Waals surface area contributed by atoms with Gasteiger partial charge in [-0.3, -0.25) is 10.1 Å². The number of benzene rings is 1. The molecular formula is C9H9N3O2S. The number of aliphatic hydroxyl groups is 1. The first-order valence-electron chi connectivity index (χ1n) is 4.26. The van der Waals surface area contributed by atoms with Crippen molar-refractivity contribution in [3.63, 3.8) is 0 Å². The predicted molar refractivity (Wildman–Crippen MR) is 59.7 cm³/mol. The third-order valence-electron chi connectivity index (χ3n) is 1.80. The Labute approximate surface area is 89.5 Å². The molecule has 78 valence electrons. The van der Waals surface area contributed by atoms with Crippen LogP contribution in [0.3, 0.4) is 0 Å². The van der Waals surface area contributed by atoms with Crippen LogP contribution in [0.5, 0.6) is 0 Å². The Bertz CT molecular complexity index is 509. The number of nitrogen functional groups attached to an aromatic ring is 1. The van der Waals surface area contributed by atoms with Crippen molar-refractivity contribution >= 4 is 38.3 Å². The summed E-state index contributed by atoms with van der Waals surface area (Å²) in [5.41, 5.74) is 7.05. The molecule has 0 saturated carbocycles. The molecule has 2 rings (SSSR count). The molecule has 0 radical (unpaired) electrons. The Hall–Kier alpha value is -1.66. The first-order valence-corrected chi connectivity index (χ1v) is 5.07. The Morgan fingerprint density at radius 3 is 3.13 bits per heavy atom. The average Bonchev–Trinajstić information content (AvgIpc) is 2.59. The molecule has 4 N–H and O–H groups in total. The maximum Gasteiger partial charge on any atom is 0.251 e. The van der Waals surface area contributed by atoms with E-state index in [1.165, 1.54) is 11.3 Å². The van der Waals surface area contributed by atoms with Crippen LogP contribution in [0.1, 0.15) is 0 Å². The highest BCUT2D eigenvalue weighted by Gasteiger charge is 2.06. The average molecular weight is 223 g/mol. The second-order valence-corrected chi connectivity index (χ2v) is 3.98. The van der Waals surface area contributed by atoms with E-state index >= 15 is 0 Å². The molecule has 0 spiro atoms. The van der Waals surface area contributed by atoms with Crippen LogP contribution in [0, 0.1) is 0 Å². The molecule has 6 heteroatoms. The van der Waals surface area contributed by atoms with Crippen LogP contribution in [-0.2, 0) is 4.79 Å². The molecule has 0 bridgehead atoms. The van der Waals surface area contributed by atoms with Crippen molar-refractivity contribution in [2.75, 3.05) is 17.7 Å². The SMILES string of the molecule is Nc1ccc2nc(NC(=O)CO)sc2c1. The lowest BCUT2D eigenvalue weighted by atomic mass is 10.3. The van der Waals surface area contributed by atoms with Crippen molar-refractivity contribution in [1.29, 1.82) is 0 Å². The van der Waals surface area contributed by atoms with E-state index in [1.54, 1.807) is 18.2 Å². The van der Waals surface area contributed by atoms with Crippen molar-refractivity contribution < 1.29 is 9.90 Å². The fraction of sp³-hybridized carbons (Fsp3) is 0.111. The number of fused-ring (bicyclic) bond motifs is 1. The van der Waals surface area contributed by atoms with Gasteiger partial charge in [-0.25, -0.2) is 4.98 Å². The van der Waals surface area contributed by atoms with Crippen LogP contribution in [0.4, 0.5) is 10.8 Å². The van der Waals surface area contributed by atoms with E-state index in [0.717, 1.165) is 10.2 Å². The summed E-state index contributed by atoms with van der Waals surface area (Å²) in [6.45, 7) is -0.544. The van der Waals surface area contributed by atoms with Crippen molar-refractivity contribution in [3.05, 3.63) is 18.2 Å². The molecule has 2 aromatic rings. The molecule has 0 saturated heterocycles. The van der Waals surface area contributed by atoms with Gasteiger partial charge in [0.05, 0.1) is 10.2 Å². The van der Waals surface area contributed by atoms with Crippen molar-refractivity contribution in [2.45, 2.75) is 0 Å². The van der Waals surface area contributed by atoms with Gasteiger partial charge in [0.1, 0.15) is 6.61 Å². The minimum atomic E-state index is -0.544. The number of carbonyl (C=O) groups is 1. The van der Waals surface area contributed by atoms with Crippen molar-refractivity contribution in [3.8, 4) is 0 Å². The van der Waals surface area contributed by atoms with Gasteiger partial charge in [-0.1, -0.05) is 11.3 Å². The highest BCUT2D eigenvalue weighted by molar-refractivity contribution is 7.22. The molecule has 5 nitrogen and oxygen atoms in total. The zero-order valence-electron chi connectivity index (χ0n) is 7.73. The second-order valence-electron chi connectivity index (χ2n) is 2.95. The number of nitrogens with one attached hydrogen (secondary N) is 1. The van der Waals surface area contributed by atoms with Gasteiger partial charge in [0.25, 0.3) is 5.91 Å². The number of rotatable bonds is 2. The van der Waals surface area contributed by atoms with E-state index in [9.17, 15) is 4.79 Å². The van der Waals surface area contributed by atoms with Crippen molar-refractivity contribution in [2.24, 2.45) is 0 Å². The number of nitrogens with zero attached hydrogens (tertiary/aromatic N) is 1. The zero-order chi connectivity index (χ0) is 10.8. The molecule has 0 aliphatic heterocycles. The lowest BCUT2D eigenvalue weighted by Gasteiger charge is -1.94. The van der Waals surface area contributed by atoms with Crippen LogP contribution in [0.2, 0.25) is 0 Å². The van der Waals surface area contributed by atoms with Crippen LogP contribution in [0.15, 0.2) is 18.2 Å². The highest BCUT2D eigenvalue weighted by Crippen LogP contribution is 2.27. The topological polar surface area (TPSA) is 88.2 Å². The van der Waals surface area contributed by atoms with Crippen LogP contribution < -0.4 is 11.1 Å². The van der Waals surface area contributed by atoms with Gasteiger partial charge >= 0.3 is 0 Å². The number of nitrogens with two attached hydrogens (primary N) is 1. The number of aliphatic hydroxyl groups excluding tert-OH is 1. The number of hydrogen-bond donors (Lipinski definition) is 3. The Morgan fingerprint density at radius 1 is 1.60 bits per heavy atom. The molecule has 15 heavy (non-hydrogen) atoms. The van der Waals surface area contributed by atoms with Gasteiger partial charge < -0.3 is 10.8 Å². The molecule has 0 aliphatic rings. The predicted octanol–water partition coefficient (Wildman–Crippen LogP) is 0.809. The summed E-state index contributed by atoms with van der Waals surface area (Å²) < 4.78 is 0.906. The van der Waals surface area contributed by atoms with Crippen LogP contribution in [0.25, 0.3) is 10.2 Å². The van der Waals surface area contributed by atoms with E-state index in [2.05, 4.69) is 10.3 Å². The van der Waals surface area contributed by atoms with E-state index in [-0.39, 0.29) is 0 Å². The molecule has 0 fully saturated rings. The number of anilines is 2. The first-order chi connectivity index (χ1) is 7.19. The zero-order valence-corrected chi connectivity index (χ0v) is 8.54. The Balaban J connectivity index is 2.34. The summed E-state index contributed by atoms with van der Waals surface area (Å²) in [5.74, 6) is -0.470. The van der Waals surface area contributed by atoms with Crippen LogP contribution in [-0.4, -0.2) is 22.6 Å².